The van der Waals surface area contributed by atoms with Gasteiger partial charge in [-0.3, -0.25) is 19.2 Å². The van der Waals surface area contributed by atoms with Crippen LogP contribution in [0.4, 0.5) is 4.79 Å². The van der Waals surface area contributed by atoms with E-state index in [1.54, 1.807) is 4.90 Å². The minimum Gasteiger partial charge on any atom is -0.446 e. The summed E-state index contributed by atoms with van der Waals surface area (Å²) in [5.41, 5.74) is 2.14. The summed E-state index contributed by atoms with van der Waals surface area (Å²) in [6, 6.07) is 5.35. The van der Waals surface area contributed by atoms with E-state index in [2.05, 4.69) is 55.4 Å². The molecule has 0 aromatic heterocycles. The van der Waals surface area contributed by atoms with E-state index in [4.69, 9.17) is 4.74 Å². The molecule has 3 aliphatic carbocycles. The average molecular weight is 621 g/mol. The molecule has 0 spiro atoms. The van der Waals surface area contributed by atoms with Crippen molar-refractivity contribution in [2.24, 2.45) is 29.1 Å². The number of alkyl carbamates (subject to hydrolysis) is 1. The smallest absolute Gasteiger partial charge is 0.408 e. The van der Waals surface area contributed by atoms with Gasteiger partial charge in [-0.05, 0) is 78.7 Å². The summed E-state index contributed by atoms with van der Waals surface area (Å²) in [5.74, 6) is -2.17. The molecule has 10 nitrogen and oxygen atoms in total. The summed E-state index contributed by atoms with van der Waals surface area (Å²) in [7, 11) is 0. The first-order chi connectivity index (χ1) is 21.5. The Labute approximate surface area is 266 Å². The van der Waals surface area contributed by atoms with Crippen LogP contribution in [0.25, 0.3) is 0 Å². The topological polar surface area (TPSA) is 134 Å². The minimum atomic E-state index is -1.01. The van der Waals surface area contributed by atoms with Crippen molar-refractivity contribution in [3.63, 3.8) is 0 Å². The molecule has 1 aromatic carbocycles. The molecule has 3 N–H and O–H groups in total. The van der Waals surface area contributed by atoms with Crippen LogP contribution in [0, 0.1) is 29.1 Å². The molecule has 2 saturated carbocycles. The van der Waals surface area contributed by atoms with Gasteiger partial charge in [0, 0.05) is 13.1 Å². The molecule has 244 valence electrons. The van der Waals surface area contributed by atoms with Gasteiger partial charge in [0.2, 0.25) is 17.6 Å². The van der Waals surface area contributed by atoms with Crippen LogP contribution >= 0.6 is 0 Å². The number of ketones is 1. The molecule has 5 rings (SSSR count). The Hall–Kier alpha value is -3.69. The standard InChI is InChI=1S/C35H48N4O6/c1-6-11-25(30(40)32(42)36-16-7-2)37-31(41)29-27-24(35(27,4)5)19-39(29)33(43)28(23-17-21-13-8-9-14-22(21)18-23)38-34(44)45-26-15-10-12-20(26)3/h7-9,13-14,20,23-29H,2,6,10-12,15-19H2,1,3-5H3,(H,36,42)(H,37,41)(H,38,44)/t20-,24?,25?,26-,27-,28-,29-/m0/s1. The first kappa shape index (κ1) is 32.7. The van der Waals surface area contributed by atoms with Crippen LogP contribution < -0.4 is 16.0 Å². The number of rotatable bonds is 12. The van der Waals surface area contributed by atoms with Crippen LogP contribution in [0.5, 0.6) is 0 Å². The maximum Gasteiger partial charge on any atom is 0.408 e. The third-order valence-corrected chi connectivity index (χ3v) is 10.7. The molecule has 10 heteroatoms. The zero-order chi connectivity index (χ0) is 32.5. The summed E-state index contributed by atoms with van der Waals surface area (Å²) in [6.07, 6.45) is 5.62. The molecule has 45 heavy (non-hydrogen) atoms. The van der Waals surface area contributed by atoms with Gasteiger partial charge in [-0.2, -0.15) is 0 Å². The molecule has 4 aliphatic rings. The molecule has 1 aromatic rings. The SMILES string of the molecule is C=CCNC(=O)C(=O)C(CCC)NC(=O)[C@@H]1[C@@H]2C(CN1C(=O)[C@@H](NC(=O)O[C@H]1CCC[C@@H]1C)C1Cc3ccccc3C1)C2(C)C. The largest absolute Gasteiger partial charge is 0.446 e. The second-order valence-electron chi connectivity index (χ2n) is 14.0. The number of likely N-dealkylation sites (tertiary alicyclic amines) is 1. The minimum absolute atomic E-state index is 0.0962. The number of fused-ring (bicyclic) bond motifs is 2. The third kappa shape index (κ3) is 6.65. The summed E-state index contributed by atoms with van der Waals surface area (Å²) < 4.78 is 5.82. The van der Waals surface area contributed by atoms with Crippen LogP contribution in [-0.2, 0) is 36.8 Å². The molecule has 2 unspecified atom stereocenters. The van der Waals surface area contributed by atoms with Crippen molar-refractivity contribution in [3.05, 3.63) is 48.0 Å². The first-order valence-corrected chi connectivity index (χ1v) is 16.6. The van der Waals surface area contributed by atoms with Crippen molar-refractivity contribution in [2.75, 3.05) is 13.1 Å². The van der Waals surface area contributed by atoms with Gasteiger partial charge >= 0.3 is 6.09 Å². The van der Waals surface area contributed by atoms with E-state index in [-0.39, 0.29) is 47.6 Å². The van der Waals surface area contributed by atoms with Crippen LogP contribution in [0.15, 0.2) is 36.9 Å². The second-order valence-corrected chi connectivity index (χ2v) is 14.0. The van der Waals surface area contributed by atoms with Crippen LogP contribution in [0.1, 0.15) is 70.9 Å². The lowest BCUT2D eigenvalue weighted by Crippen LogP contribution is -2.59. The number of Topliss-reactive ketones (excluding diaryl/α,β-unsaturated/α-hetero) is 1. The van der Waals surface area contributed by atoms with E-state index >= 15 is 0 Å². The lowest BCUT2D eigenvalue weighted by molar-refractivity contribution is -0.144. The van der Waals surface area contributed by atoms with Crippen molar-refractivity contribution in [2.45, 2.75) is 96.9 Å². The fraction of sp³-hybridized carbons (Fsp3) is 0.629. The van der Waals surface area contributed by atoms with Crippen molar-refractivity contribution in [3.8, 4) is 0 Å². The number of carbonyl (C=O) groups excluding carboxylic acids is 5. The molecular formula is C35H48N4O6. The van der Waals surface area contributed by atoms with Crippen molar-refractivity contribution in [1.29, 1.82) is 0 Å². The fourth-order valence-corrected chi connectivity index (χ4v) is 8.01. The van der Waals surface area contributed by atoms with Crippen LogP contribution in [0.3, 0.4) is 0 Å². The van der Waals surface area contributed by atoms with E-state index in [0.717, 1.165) is 30.4 Å². The van der Waals surface area contributed by atoms with Gasteiger partial charge < -0.3 is 25.6 Å². The predicted molar refractivity (Wildman–Crippen MR) is 169 cm³/mol. The Morgan fingerprint density at radius 1 is 1.09 bits per heavy atom. The van der Waals surface area contributed by atoms with Gasteiger partial charge in [0.05, 0.1) is 6.04 Å². The number of nitrogens with zero attached hydrogens (tertiary/aromatic N) is 1. The molecular weight excluding hydrogens is 572 g/mol. The van der Waals surface area contributed by atoms with E-state index in [0.29, 0.717) is 32.2 Å². The molecule has 7 atom stereocenters. The number of hydrogen-bond donors (Lipinski definition) is 3. The molecule has 0 bridgehead atoms. The first-order valence-electron chi connectivity index (χ1n) is 16.6. The maximum absolute atomic E-state index is 14.5. The van der Waals surface area contributed by atoms with Crippen LogP contribution in [0.2, 0.25) is 0 Å². The lowest BCUT2D eigenvalue weighted by atomic mass is 9.93. The Morgan fingerprint density at radius 3 is 2.38 bits per heavy atom. The Bertz CT molecular complexity index is 1320. The lowest BCUT2D eigenvalue weighted by Gasteiger charge is -2.35. The number of carbonyl (C=O) groups is 5. The second kappa shape index (κ2) is 13.3. The Morgan fingerprint density at radius 2 is 1.78 bits per heavy atom. The highest BCUT2D eigenvalue weighted by molar-refractivity contribution is 6.38. The number of ether oxygens (including phenoxy) is 1. The quantitative estimate of drug-likeness (QED) is 0.243. The maximum atomic E-state index is 14.5. The van der Waals surface area contributed by atoms with E-state index in [1.165, 1.54) is 6.08 Å². The molecule has 0 radical (unpaired) electrons. The number of nitrogens with one attached hydrogen (secondary N) is 3. The molecule has 3 fully saturated rings. The highest BCUT2D eigenvalue weighted by atomic mass is 16.6. The number of amides is 4. The zero-order valence-corrected chi connectivity index (χ0v) is 27.0. The van der Waals surface area contributed by atoms with Gasteiger partial charge in [-0.25, -0.2) is 4.79 Å². The van der Waals surface area contributed by atoms with Gasteiger partial charge in [-0.15, -0.1) is 6.58 Å². The van der Waals surface area contributed by atoms with Crippen molar-refractivity contribution < 1.29 is 28.7 Å². The average Bonchev–Trinajstić information content (AvgIpc) is 3.52. The monoisotopic (exact) mass is 620 g/mol. The Balaban J connectivity index is 1.37. The van der Waals surface area contributed by atoms with E-state index in [9.17, 15) is 24.0 Å². The summed E-state index contributed by atoms with van der Waals surface area (Å²) in [4.78, 5) is 68.9. The van der Waals surface area contributed by atoms with Crippen molar-refractivity contribution in [1.82, 2.24) is 20.9 Å². The highest BCUT2D eigenvalue weighted by Gasteiger charge is 2.69. The molecule has 1 saturated heterocycles. The number of benzene rings is 1. The molecule has 1 heterocycles. The van der Waals surface area contributed by atoms with Gasteiger partial charge in [0.25, 0.3) is 5.91 Å². The number of hydrogen-bond acceptors (Lipinski definition) is 6. The summed E-state index contributed by atoms with van der Waals surface area (Å²) >= 11 is 0. The van der Waals surface area contributed by atoms with Crippen LogP contribution in [-0.4, -0.2) is 71.8 Å². The Kier molecular flexibility index (Phi) is 9.70. The highest BCUT2D eigenvalue weighted by Crippen LogP contribution is 2.65. The molecule has 4 amide bonds. The third-order valence-electron chi connectivity index (χ3n) is 10.7. The predicted octanol–water partition coefficient (Wildman–Crippen LogP) is 3.32. The fourth-order valence-electron chi connectivity index (χ4n) is 8.01. The van der Waals surface area contributed by atoms with Gasteiger partial charge in [0.15, 0.2) is 0 Å². The molecule has 1 aliphatic heterocycles. The van der Waals surface area contributed by atoms with Crippen molar-refractivity contribution >= 4 is 29.6 Å². The van der Waals surface area contributed by atoms with Gasteiger partial charge in [-0.1, -0.05) is 64.5 Å². The van der Waals surface area contributed by atoms with Gasteiger partial charge in [0.1, 0.15) is 18.2 Å². The van der Waals surface area contributed by atoms with E-state index < -0.39 is 41.8 Å². The zero-order valence-electron chi connectivity index (χ0n) is 27.0. The number of piperidine rings is 1. The summed E-state index contributed by atoms with van der Waals surface area (Å²) in [6.45, 7) is 12.2. The summed E-state index contributed by atoms with van der Waals surface area (Å²) in [5, 5.41) is 8.27. The van der Waals surface area contributed by atoms with E-state index in [1.807, 2.05) is 19.1 Å². The normalized spacial score (nSPS) is 27.5.